The molecule has 0 fully saturated rings. The van der Waals surface area contributed by atoms with Crippen molar-refractivity contribution in [3.05, 3.63) is 106 Å². The summed E-state index contributed by atoms with van der Waals surface area (Å²) in [5.74, 6) is -1.70. The van der Waals surface area contributed by atoms with E-state index in [0.717, 1.165) is 28.3 Å². The number of aryl methyl sites for hydroxylation is 2. The molecular formula is C26H22O4. The Labute approximate surface area is 175 Å². The van der Waals surface area contributed by atoms with Gasteiger partial charge in [0.2, 0.25) is 0 Å². The molecule has 0 heterocycles. The zero-order chi connectivity index (χ0) is 21.7. The van der Waals surface area contributed by atoms with Crippen LogP contribution in [-0.4, -0.2) is 21.8 Å². The molecule has 4 nitrogen and oxygen atoms in total. The highest BCUT2D eigenvalue weighted by atomic mass is 16.3. The number of rotatable bonds is 6. The SMILES string of the molecule is Cc1ccc(/C=C/C(=O)c2cc(C(=O)/C=C/c3cccc(C)c3)c(O)cc2O)cc1. The quantitative estimate of drug-likeness (QED) is 0.424. The fraction of sp³-hybridized carbons (Fsp3) is 0.0769. The Morgan fingerprint density at radius 1 is 0.667 bits per heavy atom. The van der Waals surface area contributed by atoms with Gasteiger partial charge in [0, 0.05) is 6.07 Å². The molecule has 3 aromatic carbocycles. The zero-order valence-corrected chi connectivity index (χ0v) is 16.8. The second-order valence-corrected chi connectivity index (χ2v) is 7.11. The Morgan fingerprint density at radius 2 is 1.23 bits per heavy atom. The van der Waals surface area contributed by atoms with Crippen LogP contribution < -0.4 is 0 Å². The maximum absolute atomic E-state index is 12.6. The van der Waals surface area contributed by atoms with E-state index in [2.05, 4.69) is 0 Å². The van der Waals surface area contributed by atoms with Gasteiger partial charge in [-0.3, -0.25) is 9.59 Å². The summed E-state index contributed by atoms with van der Waals surface area (Å²) >= 11 is 0. The van der Waals surface area contributed by atoms with E-state index in [-0.39, 0.29) is 22.6 Å². The Hall–Kier alpha value is -3.92. The zero-order valence-electron chi connectivity index (χ0n) is 16.8. The Bertz CT molecular complexity index is 1150. The van der Waals surface area contributed by atoms with Crippen molar-refractivity contribution in [2.75, 3.05) is 0 Å². The summed E-state index contributed by atoms with van der Waals surface area (Å²) in [7, 11) is 0. The smallest absolute Gasteiger partial charge is 0.189 e. The van der Waals surface area contributed by atoms with Crippen molar-refractivity contribution < 1.29 is 19.8 Å². The predicted octanol–water partition coefficient (Wildman–Crippen LogP) is 5.51. The van der Waals surface area contributed by atoms with Crippen molar-refractivity contribution in [3.63, 3.8) is 0 Å². The van der Waals surface area contributed by atoms with Crippen LogP contribution in [0.3, 0.4) is 0 Å². The van der Waals surface area contributed by atoms with E-state index < -0.39 is 11.6 Å². The number of phenolic OH excluding ortho intramolecular Hbond substituents is 2. The van der Waals surface area contributed by atoms with Crippen molar-refractivity contribution in [2.45, 2.75) is 13.8 Å². The summed E-state index contributed by atoms with van der Waals surface area (Å²) in [6.07, 6.45) is 5.93. The topological polar surface area (TPSA) is 74.6 Å². The number of carbonyl (C=O) groups is 2. The van der Waals surface area contributed by atoms with Crippen LogP contribution in [0.15, 0.2) is 72.8 Å². The minimum Gasteiger partial charge on any atom is -0.507 e. The van der Waals surface area contributed by atoms with Gasteiger partial charge in [0.1, 0.15) is 11.5 Å². The van der Waals surface area contributed by atoms with Gasteiger partial charge in [-0.25, -0.2) is 0 Å². The molecule has 0 saturated heterocycles. The van der Waals surface area contributed by atoms with E-state index in [1.807, 2.05) is 62.4 Å². The van der Waals surface area contributed by atoms with Gasteiger partial charge < -0.3 is 10.2 Å². The standard InChI is InChI=1S/C26H22O4/c1-17-6-8-19(9-7-17)10-12-23(27)21-15-22(26(30)16-25(21)29)24(28)13-11-20-5-3-4-18(2)14-20/h3-16,29-30H,1-2H3/b12-10+,13-11+. The first-order valence-electron chi connectivity index (χ1n) is 9.47. The van der Waals surface area contributed by atoms with E-state index in [4.69, 9.17) is 0 Å². The summed E-state index contributed by atoms with van der Waals surface area (Å²) in [5, 5.41) is 20.2. The van der Waals surface area contributed by atoms with Crippen molar-refractivity contribution in [2.24, 2.45) is 0 Å². The molecule has 0 unspecified atom stereocenters. The third kappa shape index (κ3) is 5.11. The number of benzene rings is 3. The lowest BCUT2D eigenvalue weighted by Crippen LogP contribution is -2.01. The third-order valence-corrected chi connectivity index (χ3v) is 4.62. The van der Waals surface area contributed by atoms with Crippen molar-refractivity contribution in [3.8, 4) is 11.5 Å². The molecule has 30 heavy (non-hydrogen) atoms. The number of phenols is 2. The Kier molecular flexibility index (Phi) is 6.28. The first kappa shape index (κ1) is 20.8. The van der Waals surface area contributed by atoms with Crippen LogP contribution in [0, 0.1) is 13.8 Å². The van der Waals surface area contributed by atoms with Crippen molar-refractivity contribution >= 4 is 23.7 Å². The van der Waals surface area contributed by atoms with Crippen LogP contribution in [-0.2, 0) is 0 Å². The maximum atomic E-state index is 12.6. The summed E-state index contributed by atoms with van der Waals surface area (Å²) in [6, 6.07) is 17.5. The molecule has 0 spiro atoms. The van der Waals surface area contributed by atoms with E-state index in [0.29, 0.717) is 0 Å². The number of ketones is 2. The van der Waals surface area contributed by atoms with Crippen LogP contribution in [0.5, 0.6) is 11.5 Å². The van der Waals surface area contributed by atoms with Crippen LogP contribution in [0.4, 0.5) is 0 Å². The van der Waals surface area contributed by atoms with Crippen LogP contribution >= 0.6 is 0 Å². The van der Waals surface area contributed by atoms with Gasteiger partial charge in [0.25, 0.3) is 0 Å². The van der Waals surface area contributed by atoms with Gasteiger partial charge in [0.15, 0.2) is 11.6 Å². The molecule has 0 aromatic heterocycles. The van der Waals surface area contributed by atoms with Gasteiger partial charge in [-0.2, -0.15) is 0 Å². The molecule has 0 radical (unpaired) electrons. The molecule has 0 atom stereocenters. The predicted molar refractivity (Wildman–Crippen MR) is 119 cm³/mol. The number of allylic oxidation sites excluding steroid dienone is 2. The lowest BCUT2D eigenvalue weighted by molar-refractivity contribution is 0.104. The van der Waals surface area contributed by atoms with E-state index in [9.17, 15) is 19.8 Å². The largest absolute Gasteiger partial charge is 0.507 e. The second-order valence-electron chi connectivity index (χ2n) is 7.11. The number of hydrogen-bond acceptors (Lipinski definition) is 4. The highest BCUT2D eigenvalue weighted by Crippen LogP contribution is 2.29. The number of aromatic hydroxyl groups is 2. The summed E-state index contributed by atoms with van der Waals surface area (Å²) in [6.45, 7) is 3.92. The highest BCUT2D eigenvalue weighted by Gasteiger charge is 2.17. The molecule has 0 amide bonds. The van der Waals surface area contributed by atoms with Gasteiger partial charge in [0.05, 0.1) is 11.1 Å². The molecule has 4 heteroatoms. The second kappa shape index (κ2) is 9.05. The molecule has 0 saturated carbocycles. The van der Waals surface area contributed by atoms with Crippen LogP contribution in [0.1, 0.15) is 43.0 Å². The summed E-state index contributed by atoms with van der Waals surface area (Å²) < 4.78 is 0. The lowest BCUT2D eigenvalue weighted by Gasteiger charge is -2.06. The maximum Gasteiger partial charge on any atom is 0.189 e. The minimum absolute atomic E-state index is 0.0520. The first-order chi connectivity index (χ1) is 14.3. The molecule has 0 aliphatic carbocycles. The Morgan fingerprint density at radius 3 is 1.80 bits per heavy atom. The Balaban J connectivity index is 1.85. The molecule has 3 rings (SSSR count). The van der Waals surface area contributed by atoms with E-state index in [1.165, 1.54) is 18.2 Å². The molecule has 150 valence electrons. The van der Waals surface area contributed by atoms with Gasteiger partial charge in [-0.15, -0.1) is 0 Å². The molecular weight excluding hydrogens is 376 g/mol. The first-order valence-corrected chi connectivity index (χ1v) is 9.47. The van der Waals surface area contributed by atoms with Crippen LogP contribution in [0.2, 0.25) is 0 Å². The fourth-order valence-corrected chi connectivity index (χ4v) is 2.95. The molecule has 2 N–H and O–H groups in total. The fourth-order valence-electron chi connectivity index (χ4n) is 2.95. The lowest BCUT2D eigenvalue weighted by atomic mass is 10.0. The normalized spacial score (nSPS) is 11.3. The number of hydrogen-bond donors (Lipinski definition) is 2. The van der Waals surface area contributed by atoms with Crippen LogP contribution in [0.25, 0.3) is 12.2 Å². The van der Waals surface area contributed by atoms with E-state index >= 15 is 0 Å². The molecule has 0 aliphatic rings. The monoisotopic (exact) mass is 398 g/mol. The van der Waals surface area contributed by atoms with Crippen molar-refractivity contribution in [1.82, 2.24) is 0 Å². The third-order valence-electron chi connectivity index (χ3n) is 4.62. The number of carbonyl (C=O) groups excluding carboxylic acids is 2. The molecule has 0 aliphatic heterocycles. The average molecular weight is 398 g/mol. The summed E-state index contributed by atoms with van der Waals surface area (Å²) in [5.41, 5.74) is 3.75. The van der Waals surface area contributed by atoms with Crippen molar-refractivity contribution in [1.29, 1.82) is 0 Å². The molecule has 3 aromatic rings. The molecule has 0 bridgehead atoms. The summed E-state index contributed by atoms with van der Waals surface area (Å²) in [4.78, 5) is 25.1. The van der Waals surface area contributed by atoms with E-state index in [1.54, 1.807) is 12.2 Å². The average Bonchev–Trinajstić information content (AvgIpc) is 2.71. The van der Waals surface area contributed by atoms with Gasteiger partial charge >= 0.3 is 0 Å². The van der Waals surface area contributed by atoms with Gasteiger partial charge in [-0.1, -0.05) is 71.8 Å². The minimum atomic E-state index is -0.468. The van der Waals surface area contributed by atoms with Gasteiger partial charge in [-0.05, 0) is 43.2 Å². The highest BCUT2D eigenvalue weighted by molar-refractivity contribution is 6.13.